The maximum atomic E-state index is 14.0. The summed E-state index contributed by atoms with van der Waals surface area (Å²) < 4.78 is 32.4. The fraction of sp³-hybridized carbons (Fsp3) is 0.457. The summed E-state index contributed by atoms with van der Waals surface area (Å²) in [5.41, 5.74) is 2.44. The smallest absolute Gasteiger partial charge is 0.246 e. The molecule has 1 aliphatic carbocycles. The van der Waals surface area contributed by atoms with Crippen molar-refractivity contribution in [3.8, 4) is 5.75 Å². The van der Waals surface area contributed by atoms with Crippen LogP contribution in [0.25, 0.3) is 0 Å². The lowest BCUT2D eigenvalue weighted by Gasteiger charge is -2.37. The van der Waals surface area contributed by atoms with Gasteiger partial charge in [-0.15, -0.1) is 0 Å². The largest absolute Gasteiger partial charge is 0.493 e. The Kier molecular flexibility index (Phi) is 9.57. The van der Waals surface area contributed by atoms with E-state index < -0.39 is 15.4 Å². The third-order valence-electron chi connectivity index (χ3n) is 8.69. The van der Waals surface area contributed by atoms with Crippen LogP contribution in [-0.2, 0) is 27.6 Å². The highest BCUT2D eigenvalue weighted by molar-refractivity contribution is 7.91. The van der Waals surface area contributed by atoms with Crippen molar-refractivity contribution in [2.75, 3.05) is 11.9 Å². The molecule has 5 rings (SSSR count). The van der Waals surface area contributed by atoms with Crippen molar-refractivity contribution < 1.29 is 17.9 Å². The molecule has 0 radical (unpaired) electrons. The molecule has 1 aliphatic heterocycles. The summed E-state index contributed by atoms with van der Waals surface area (Å²) >= 11 is 0. The Morgan fingerprint density at radius 2 is 1.60 bits per heavy atom. The quantitative estimate of drug-likeness (QED) is 0.273. The SMILES string of the molecule is CC(C)COc1cccc(S(=O)(=O)c2ccc(CNC(=O)C3(C4CCCCCCCC4)Cc4ccccc4N3)cc2)c1. The molecule has 0 bridgehead atoms. The summed E-state index contributed by atoms with van der Waals surface area (Å²) in [6.45, 7) is 4.96. The number of carbonyl (C=O) groups is 1. The number of fused-ring (bicyclic) bond motifs is 1. The molecule has 2 N–H and O–H groups in total. The molecular weight excluding hydrogens is 544 g/mol. The van der Waals surface area contributed by atoms with Gasteiger partial charge in [0.05, 0.1) is 16.4 Å². The van der Waals surface area contributed by atoms with E-state index in [9.17, 15) is 13.2 Å². The summed E-state index contributed by atoms with van der Waals surface area (Å²) in [7, 11) is -3.70. The molecule has 0 aromatic heterocycles. The van der Waals surface area contributed by atoms with Gasteiger partial charge in [-0.1, -0.05) is 88.8 Å². The van der Waals surface area contributed by atoms with E-state index in [0.717, 1.165) is 36.9 Å². The van der Waals surface area contributed by atoms with Crippen LogP contribution in [0.1, 0.15) is 76.3 Å². The van der Waals surface area contributed by atoms with Crippen molar-refractivity contribution in [1.29, 1.82) is 0 Å². The third-order valence-corrected chi connectivity index (χ3v) is 10.5. The van der Waals surface area contributed by atoms with E-state index in [1.807, 2.05) is 26.0 Å². The Morgan fingerprint density at radius 3 is 2.29 bits per heavy atom. The monoisotopic (exact) mass is 588 g/mol. The second kappa shape index (κ2) is 13.3. The van der Waals surface area contributed by atoms with Gasteiger partial charge in [0.1, 0.15) is 11.3 Å². The maximum absolute atomic E-state index is 14.0. The van der Waals surface area contributed by atoms with Crippen LogP contribution in [0.15, 0.2) is 82.6 Å². The van der Waals surface area contributed by atoms with Gasteiger partial charge >= 0.3 is 0 Å². The zero-order valence-electron chi connectivity index (χ0n) is 24.9. The molecule has 3 aromatic rings. The molecule has 0 spiro atoms. The van der Waals surface area contributed by atoms with Crippen molar-refractivity contribution in [2.45, 2.75) is 93.5 Å². The number of benzene rings is 3. The number of sulfone groups is 1. The van der Waals surface area contributed by atoms with Gasteiger partial charge in [-0.25, -0.2) is 8.42 Å². The van der Waals surface area contributed by atoms with Crippen molar-refractivity contribution in [1.82, 2.24) is 5.32 Å². The number of ether oxygens (including phenoxy) is 1. The number of rotatable bonds is 9. The first kappa shape index (κ1) is 30.1. The number of carbonyl (C=O) groups excluding carboxylic acids is 1. The lowest BCUT2D eigenvalue weighted by molar-refractivity contribution is -0.127. The average Bonchev–Trinajstić information content (AvgIpc) is 3.45. The molecule has 1 saturated carbocycles. The third kappa shape index (κ3) is 6.83. The van der Waals surface area contributed by atoms with Crippen molar-refractivity contribution >= 4 is 21.4 Å². The van der Waals surface area contributed by atoms with Gasteiger partial charge in [0.2, 0.25) is 15.7 Å². The zero-order chi connectivity index (χ0) is 29.6. The predicted molar refractivity (Wildman–Crippen MR) is 167 cm³/mol. The molecule has 6 nitrogen and oxygen atoms in total. The Labute approximate surface area is 251 Å². The van der Waals surface area contributed by atoms with Crippen LogP contribution in [0, 0.1) is 11.8 Å². The second-order valence-corrected chi connectivity index (χ2v) is 14.3. The lowest BCUT2D eigenvalue weighted by atomic mass is 9.75. The lowest BCUT2D eigenvalue weighted by Crippen LogP contribution is -2.56. The first-order valence-electron chi connectivity index (χ1n) is 15.5. The number of para-hydroxylation sites is 1. The van der Waals surface area contributed by atoms with Crippen LogP contribution in [-0.4, -0.2) is 26.5 Å². The normalized spacial score (nSPS) is 19.7. The maximum Gasteiger partial charge on any atom is 0.246 e. The zero-order valence-corrected chi connectivity index (χ0v) is 25.7. The summed E-state index contributed by atoms with van der Waals surface area (Å²) in [6, 6.07) is 21.7. The number of anilines is 1. The molecule has 2 aliphatic rings. The molecule has 1 atom stereocenters. The van der Waals surface area contributed by atoms with Crippen LogP contribution in [0.3, 0.4) is 0 Å². The fourth-order valence-electron chi connectivity index (χ4n) is 6.33. The highest BCUT2D eigenvalue weighted by Crippen LogP contribution is 2.42. The summed E-state index contributed by atoms with van der Waals surface area (Å²) in [6.07, 6.45) is 10.1. The van der Waals surface area contributed by atoms with Gasteiger partial charge in [-0.2, -0.15) is 0 Å². The summed E-state index contributed by atoms with van der Waals surface area (Å²) in [5, 5.41) is 6.91. The van der Waals surface area contributed by atoms with E-state index in [0.29, 0.717) is 31.2 Å². The summed E-state index contributed by atoms with van der Waals surface area (Å²) in [4.78, 5) is 14.5. The highest BCUT2D eigenvalue weighted by atomic mass is 32.2. The van der Waals surface area contributed by atoms with E-state index in [1.165, 1.54) is 31.2 Å². The molecule has 3 aromatic carbocycles. The van der Waals surface area contributed by atoms with E-state index >= 15 is 0 Å². The Bertz CT molecular complexity index is 1430. The molecule has 224 valence electrons. The fourth-order valence-corrected chi connectivity index (χ4v) is 7.63. The second-order valence-electron chi connectivity index (χ2n) is 12.3. The molecule has 1 heterocycles. The van der Waals surface area contributed by atoms with Gasteiger partial charge in [-0.3, -0.25) is 4.79 Å². The number of hydrogen-bond donors (Lipinski definition) is 2. The van der Waals surface area contributed by atoms with Crippen molar-refractivity contribution in [3.05, 3.63) is 83.9 Å². The van der Waals surface area contributed by atoms with E-state index in [-0.39, 0.29) is 21.6 Å². The summed E-state index contributed by atoms with van der Waals surface area (Å²) in [5.74, 6) is 1.17. The van der Waals surface area contributed by atoms with Gasteiger partial charge < -0.3 is 15.4 Å². The van der Waals surface area contributed by atoms with Gasteiger partial charge in [0.25, 0.3) is 0 Å². The minimum atomic E-state index is -3.70. The van der Waals surface area contributed by atoms with E-state index in [2.05, 4.69) is 22.8 Å². The highest BCUT2D eigenvalue weighted by Gasteiger charge is 2.48. The minimum Gasteiger partial charge on any atom is -0.493 e. The van der Waals surface area contributed by atoms with E-state index in [1.54, 1.807) is 48.5 Å². The topological polar surface area (TPSA) is 84.5 Å². The van der Waals surface area contributed by atoms with Crippen LogP contribution in [0.4, 0.5) is 5.69 Å². The van der Waals surface area contributed by atoms with Crippen molar-refractivity contribution in [3.63, 3.8) is 0 Å². The first-order valence-corrected chi connectivity index (χ1v) is 17.0. The average molecular weight is 589 g/mol. The van der Waals surface area contributed by atoms with Crippen LogP contribution >= 0.6 is 0 Å². The first-order chi connectivity index (χ1) is 20.3. The molecule has 1 unspecified atom stereocenters. The Balaban J connectivity index is 1.29. The number of nitrogens with one attached hydrogen (secondary N) is 2. The molecule has 42 heavy (non-hydrogen) atoms. The molecule has 1 fully saturated rings. The number of amides is 1. The molecule has 1 amide bonds. The van der Waals surface area contributed by atoms with Gasteiger partial charge in [-0.05, 0) is 72.2 Å². The van der Waals surface area contributed by atoms with E-state index in [4.69, 9.17) is 4.74 Å². The Morgan fingerprint density at radius 1 is 0.905 bits per heavy atom. The number of hydrogen-bond acceptors (Lipinski definition) is 5. The molecule has 0 saturated heterocycles. The van der Waals surface area contributed by atoms with Crippen molar-refractivity contribution in [2.24, 2.45) is 11.8 Å². The van der Waals surface area contributed by atoms with Crippen LogP contribution in [0.2, 0.25) is 0 Å². The minimum absolute atomic E-state index is 0.0258. The van der Waals surface area contributed by atoms with Gasteiger partial charge in [0, 0.05) is 18.7 Å². The molecular formula is C35H44N2O4S. The van der Waals surface area contributed by atoms with Crippen LogP contribution in [0.5, 0.6) is 5.75 Å². The standard InChI is InChI=1S/C35H44N2O4S/c1-26(2)25-41-30-15-11-16-32(22-30)42(39,40)31-20-18-27(19-21-31)24-36-34(38)35(23-28-12-9-10-17-33(28)37-35)29-13-7-5-3-4-6-8-14-29/h9-12,15-22,26,29,37H,3-8,13-14,23-25H2,1-2H3,(H,36,38). The Hall–Kier alpha value is -3.32. The van der Waals surface area contributed by atoms with Crippen LogP contribution < -0.4 is 15.4 Å². The predicted octanol–water partition coefficient (Wildman–Crippen LogP) is 7.33. The molecule has 7 heteroatoms. The van der Waals surface area contributed by atoms with Gasteiger partial charge in [0.15, 0.2) is 0 Å².